The lowest BCUT2D eigenvalue weighted by atomic mass is 10.2. The molecule has 3 aromatic rings. The monoisotopic (exact) mass is 323 g/mol. The highest BCUT2D eigenvalue weighted by atomic mass is 35.5. The number of hydrogen-bond donors (Lipinski definition) is 0. The van der Waals surface area contributed by atoms with Gasteiger partial charge in [-0.1, -0.05) is 31.4 Å². The minimum atomic E-state index is 0.577. The lowest BCUT2D eigenvalue weighted by Gasteiger charge is -2.05. The van der Waals surface area contributed by atoms with E-state index in [1.54, 1.807) is 18.5 Å². The number of fused-ring (bicyclic) bond motifs is 1. The molecule has 2 radical (unpaired) electrons. The molecule has 0 aliphatic rings. The number of rotatable bonds is 2. The van der Waals surface area contributed by atoms with E-state index < -0.39 is 0 Å². The van der Waals surface area contributed by atoms with Crippen LogP contribution >= 0.6 is 11.6 Å². The Balaban J connectivity index is 2.19. The molecule has 0 aliphatic carbocycles. The van der Waals surface area contributed by atoms with Crippen LogP contribution in [0, 0.1) is 11.5 Å². The van der Waals surface area contributed by atoms with Crippen LogP contribution in [-0.4, -0.2) is 24.1 Å². The van der Waals surface area contributed by atoms with Gasteiger partial charge in [0.15, 0.2) is 9.52 Å². The maximum atomic E-state index is 6.10. The molecule has 0 atom stereocenters. The molecule has 0 bridgehead atoms. The Morgan fingerprint density at radius 1 is 1.18 bits per heavy atom. The lowest BCUT2D eigenvalue weighted by Crippen LogP contribution is -2.02. The second-order valence-corrected chi connectivity index (χ2v) is 7.30. The zero-order valence-electron chi connectivity index (χ0n) is 12.3. The van der Waals surface area contributed by atoms with Crippen LogP contribution in [0.5, 0.6) is 0 Å². The zero-order chi connectivity index (χ0) is 15.5. The van der Waals surface area contributed by atoms with Crippen LogP contribution in [-0.2, 0) is 0 Å². The van der Waals surface area contributed by atoms with Crippen molar-refractivity contribution in [3.05, 3.63) is 53.4 Å². The van der Waals surface area contributed by atoms with E-state index >= 15 is 0 Å². The summed E-state index contributed by atoms with van der Waals surface area (Å²) < 4.78 is 1.98. The molecule has 108 valence electrons. The van der Waals surface area contributed by atoms with Crippen molar-refractivity contribution < 1.29 is 0 Å². The van der Waals surface area contributed by atoms with Crippen molar-refractivity contribution in [1.29, 1.82) is 0 Å². The van der Waals surface area contributed by atoms with Crippen LogP contribution in [0.1, 0.15) is 19.5 Å². The third kappa shape index (κ3) is 3.06. The molecule has 3 rings (SSSR count). The van der Waals surface area contributed by atoms with Crippen molar-refractivity contribution in [2.75, 3.05) is 0 Å². The van der Waals surface area contributed by atoms with Crippen LogP contribution in [0.15, 0.2) is 42.7 Å². The van der Waals surface area contributed by atoms with Crippen molar-refractivity contribution in [1.82, 2.24) is 14.5 Å². The topological polar surface area (TPSA) is 30.7 Å². The number of nitrogens with zero attached hydrogens (tertiary/aromatic N) is 3. The Labute approximate surface area is 137 Å². The summed E-state index contributed by atoms with van der Waals surface area (Å²) in [5, 5.41) is 1.75. The zero-order valence-corrected chi connectivity index (χ0v) is 14.1. The first-order chi connectivity index (χ1) is 10.6. The van der Waals surface area contributed by atoms with E-state index in [9.17, 15) is 0 Å². The Hall–Kier alpha value is -2.09. The third-order valence-corrected chi connectivity index (χ3v) is 4.15. The summed E-state index contributed by atoms with van der Waals surface area (Å²) in [4.78, 5) is 8.70. The number of benzene rings is 1. The maximum Gasteiger partial charge on any atom is 0.235 e. The highest BCUT2D eigenvalue weighted by Gasteiger charge is 2.11. The van der Waals surface area contributed by atoms with Gasteiger partial charge in [-0.25, -0.2) is 9.97 Å². The first-order valence-corrected chi connectivity index (χ1v) is 8.45. The Morgan fingerprint density at radius 3 is 2.68 bits per heavy atom. The fourth-order valence-electron chi connectivity index (χ4n) is 2.14. The van der Waals surface area contributed by atoms with Crippen LogP contribution in [0.25, 0.3) is 16.9 Å². The Morgan fingerprint density at radius 2 is 1.95 bits per heavy atom. The van der Waals surface area contributed by atoms with E-state index in [4.69, 9.17) is 11.6 Å². The highest BCUT2D eigenvalue weighted by Crippen LogP contribution is 2.25. The van der Waals surface area contributed by atoms with E-state index in [2.05, 4.69) is 35.3 Å². The van der Waals surface area contributed by atoms with Crippen LogP contribution in [0.4, 0.5) is 0 Å². The van der Waals surface area contributed by atoms with Gasteiger partial charge in [0, 0.05) is 22.8 Å². The van der Waals surface area contributed by atoms with Gasteiger partial charge in [0.2, 0.25) is 5.95 Å². The van der Waals surface area contributed by atoms with Crippen molar-refractivity contribution in [3.8, 4) is 17.4 Å². The molecule has 0 aliphatic heterocycles. The smallest absolute Gasteiger partial charge is 0.235 e. The molecule has 0 amide bonds. The SMILES string of the molecule is CC(C)[Si]C#Cc1cc2cc(Cl)ccc2n1-c1ncccn1. The molecule has 0 spiro atoms. The summed E-state index contributed by atoms with van der Waals surface area (Å²) in [5.74, 6) is 3.88. The van der Waals surface area contributed by atoms with Gasteiger partial charge in [0.05, 0.1) is 11.2 Å². The van der Waals surface area contributed by atoms with Crippen LogP contribution < -0.4 is 0 Å². The summed E-state index contributed by atoms with van der Waals surface area (Å²) in [5.41, 5.74) is 5.72. The van der Waals surface area contributed by atoms with Crippen molar-refractivity contribution in [3.63, 3.8) is 0 Å². The summed E-state index contributed by atoms with van der Waals surface area (Å²) >= 11 is 6.10. The molecular formula is C17H14ClN3Si. The number of hydrogen-bond acceptors (Lipinski definition) is 2. The molecule has 0 unspecified atom stereocenters. The van der Waals surface area contributed by atoms with Crippen molar-refractivity contribution in [2.45, 2.75) is 19.4 Å². The predicted octanol–water partition coefficient (Wildman–Crippen LogP) is 3.92. The average Bonchev–Trinajstić information content (AvgIpc) is 2.85. The van der Waals surface area contributed by atoms with Gasteiger partial charge in [-0.05, 0) is 35.9 Å². The van der Waals surface area contributed by atoms with E-state index in [1.807, 2.05) is 28.8 Å². The quantitative estimate of drug-likeness (QED) is 0.528. The number of halogens is 1. The first kappa shape index (κ1) is 14.8. The standard InChI is InChI=1S/C17H14ClN3Si/c1-12(2)22-9-6-15-11-13-10-14(18)4-5-16(13)21(15)17-19-7-3-8-20-17/h3-5,7-8,10-12H,1-2H3. The van der Waals surface area contributed by atoms with Gasteiger partial charge in [0.1, 0.15) is 0 Å². The van der Waals surface area contributed by atoms with Crippen LogP contribution in [0.2, 0.25) is 10.6 Å². The third-order valence-electron chi connectivity index (χ3n) is 3.07. The molecule has 0 saturated carbocycles. The van der Waals surface area contributed by atoms with Gasteiger partial charge in [-0.15, -0.1) is 5.54 Å². The molecule has 1 aromatic carbocycles. The molecule has 5 heteroatoms. The van der Waals surface area contributed by atoms with Crippen LogP contribution in [0.3, 0.4) is 0 Å². The average molecular weight is 324 g/mol. The minimum Gasteiger partial charge on any atom is -0.271 e. The normalized spacial score (nSPS) is 10.7. The summed E-state index contributed by atoms with van der Waals surface area (Å²) in [6.45, 7) is 4.34. The van der Waals surface area contributed by atoms with Crippen molar-refractivity contribution >= 4 is 32.0 Å². The van der Waals surface area contributed by atoms with Gasteiger partial charge >= 0.3 is 0 Å². The highest BCUT2D eigenvalue weighted by molar-refractivity contribution is 6.47. The fraction of sp³-hybridized carbons (Fsp3) is 0.176. The minimum absolute atomic E-state index is 0.577. The van der Waals surface area contributed by atoms with Gasteiger partial charge < -0.3 is 0 Å². The second-order valence-electron chi connectivity index (χ2n) is 5.17. The molecule has 0 N–H and O–H groups in total. The Kier molecular flexibility index (Phi) is 4.28. The van der Waals surface area contributed by atoms with Gasteiger partial charge in [-0.2, -0.15) is 0 Å². The van der Waals surface area contributed by atoms with Crippen molar-refractivity contribution in [2.24, 2.45) is 0 Å². The van der Waals surface area contributed by atoms with Gasteiger partial charge in [-0.3, -0.25) is 4.57 Å². The molecular weight excluding hydrogens is 310 g/mol. The first-order valence-electron chi connectivity index (χ1n) is 7.00. The predicted molar refractivity (Wildman–Crippen MR) is 91.6 cm³/mol. The molecule has 0 saturated heterocycles. The summed E-state index contributed by atoms with van der Waals surface area (Å²) in [6.07, 6.45) is 3.47. The van der Waals surface area contributed by atoms with E-state index in [0.717, 1.165) is 16.6 Å². The summed E-state index contributed by atoms with van der Waals surface area (Å²) in [6, 6.07) is 9.62. The molecule has 0 fully saturated rings. The number of aromatic nitrogens is 3. The molecule has 2 aromatic heterocycles. The van der Waals surface area contributed by atoms with E-state index in [-0.39, 0.29) is 0 Å². The maximum absolute atomic E-state index is 6.10. The largest absolute Gasteiger partial charge is 0.271 e. The van der Waals surface area contributed by atoms with Gasteiger partial charge in [0.25, 0.3) is 0 Å². The van der Waals surface area contributed by atoms with E-state index in [1.165, 1.54) is 0 Å². The Bertz CT molecular complexity index is 860. The molecule has 2 heterocycles. The molecule has 22 heavy (non-hydrogen) atoms. The fourth-order valence-corrected chi connectivity index (χ4v) is 2.81. The molecule has 3 nitrogen and oxygen atoms in total. The second kappa shape index (κ2) is 6.35. The lowest BCUT2D eigenvalue weighted by molar-refractivity contribution is 0.951. The van der Waals surface area contributed by atoms with E-state index in [0.29, 0.717) is 26.0 Å². The summed E-state index contributed by atoms with van der Waals surface area (Å²) in [7, 11) is 0.612.